The maximum atomic E-state index is 9.20. The Hall–Kier alpha value is -2.05. The fraction of sp³-hybridized carbons (Fsp3) is 0.250. The highest BCUT2D eigenvalue weighted by Gasteiger charge is 2.17. The van der Waals surface area contributed by atoms with Crippen LogP contribution in [0.1, 0.15) is 28.8 Å². The van der Waals surface area contributed by atoms with Gasteiger partial charge in [-0.2, -0.15) is 5.26 Å². The highest BCUT2D eigenvalue weighted by atomic mass is 35.5. The molecule has 0 saturated heterocycles. The monoisotopic (exact) mass is 284 g/mol. The number of hydrogen-bond acceptors (Lipinski definition) is 3. The molecule has 0 saturated carbocycles. The Balaban J connectivity index is 1.80. The third-order valence-corrected chi connectivity index (χ3v) is 3.68. The molecule has 0 atom stereocenters. The van der Waals surface area contributed by atoms with Crippen LogP contribution in [0.2, 0.25) is 5.02 Å². The molecule has 0 unspecified atom stereocenters. The number of rotatable bonds is 3. The van der Waals surface area contributed by atoms with E-state index in [1.54, 1.807) is 0 Å². The first-order valence-electron chi connectivity index (χ1n) is 6.56. The second-order valence-corrected chi connectivity index (χ2v) is 5.26. The van der Waals surface area contributed by atoms with Gasteiger partial charge in [-0.1, -0.05) is 23.7 Å². The van der Waals surface area contributed by atoms with E-state index in [-0.39, 0.29) is 0 Å². The number of nitriles is 1. The zero-order valence-corrected chi connectivity index (χ0v) is 11.7. The molecule has 3 rings (SSSR count). The summed E-state index contributed by atoms with van der Waals surface area (Å²) in [6.45, 7) is 0.387. The van der Waals surface area contributed by atoms with Crippen LogP contribution in [0.15, 0.2) is 30.3 Å². The summed E-state index contributed by atoms with van der Waals surface area (Å²) in [5, 5.41) is 9.89. The van der Waals surface area contributed by atoms with E-state index >= 15 is 0 Å². The SMILES string of the molecule is N#Cc1cc2c(nc1OCc1ccc(Cl)cc1)CCC2. The van der Waals surface area contributed by atoms with E-state index in [1.807, 2.05) is 30.3 Å². The van der Waals surface area contributed by atoms with E-state index in [2.05, 4.69) is 11.1 Å². The van der Waals surface area contributed by atoms with Gasteiger partial charge in [0.05, 0.1) is 0 Å². The van der Waals surface area contributed by atoms with Crippen molar-refractivity contribution in [2.24, 2.45) is 0 Å². The van der Waals surface area contributed by atoms with Gasteiger partial charge < -0.3 is 4.74 Å². The van der Waals surface area contributed by atoms with Gasteiger partial charge in [0.25, 0.3) is 0 Å². The molecule has 1 aliphatic rings. The summed E-state index contributed by atoms with van der Waals surface area (Å²) in [6, 6.07) is 11.5. The van der Waals surface area contributed by atoms with Crippen LogP contribution >= 0.6 is 11.6 Å². The molecule has 0 spiro atoms. The minimum absolute atomic E-state index is 0.387. The van der Waals surface area contributed by atoms with Gasteiger partial charge in [0.1, 0.15) is 18.2 Å². The molecular formula is C16H13ClN2O. The minimum Gasteiger partial charge on any atom is -0.472 e. The molecule has 100 valence electrons. The molecule has 1 aromatic heterocycles. The summed E-state index contributed by atoms with van der Waals surface area (Å²) >= 11 is 5.84. The van der Waals surface area contributed by atoms with Gasteiger partial charge in [-0.05, 0) is 48.6 Å². The van der Waals surface area contributed by atoms with Gasteiger partial charge in [-0.25, -0.2) is 4.98 Å². The fourth-order valence-electron chi connectivity index (χ4n) is 2.38. The van der Waals surface area contributed by atoms with Gasteiger partial charge in [0.15, 0.2) is 0 Å². The molecule has 1 aliphatic carbocycles. The first-order valence-corrected chi connectivity index (χ1v) is 6.94. The van der Waals surface area contributed by atoms with E-state index in [9.17, 15) is 5.26 Å². The molecule has 20 heavy (non-hydrogen) atoms. The van der Waals surface area contributed by atoms with E-state index in [4.69, 9.17) is 16.3 Å². The molecule has 0 bridgehead atoms. The zero-order chi connectivity index (χ0) is 13.9. The number of fused-ring (bicyclic) bond motifs is 1. The maximum absolute atomic E-state index is 9.20. The standard InChI is InChI=1S/C16H13ClN2O/c17-14-6-4-11(5-7-14)10-20-16-13(9-18)8-12-2-1-3-15(12)19-16/h4-8H,1-3,10H2. The largest absolute Gasteiger partial charge is 0.472 e. The number of benzene rings is 1. The lowest BCUT2D eigenvalue weighted by atomic mass is 10.1. The molecule has 0 fully saturated rings. The predicted octanol–water partition coefficient (Wildman–Crippen LogP) is 3.67. The lowest BCUT2D eigenvalue weighted by Gasteiger charge is -2.09. The van der Waals surface area contributed by atoms with E-state index in [0.29, 0.717) is 23.1 Å². The third-order valence-electron chi connectivity index (χ3n) is 3.43. The number of ether oxygens (including phenoxy) is 1. The van der Waals surface area contributed by atoms with Gasteiger partial charge >= 0.3 is 0 Å². The van der Waals surface area contributed by atoms with Gasteiger partial charge in [-0.3, -0.25) is 0 Å². The fourth-order valence-corrected chi connectivity index (χ4v) is 2.50. The summed E-state index contributed by atoms with van der Waals surface area (Å²) in [7, 11) is 0. The summed E-state index contributed by atoms with van der Waals surface area (Å²) in [4.78, 5) is 4.49. The Morgan fingerprint density at radius 2 is 2.05 bits per heavy atom. The summed E-state index contributed by atoms with van der Waals surface area (Å²) < 4.78 is 5.70. The average molecular weight is 285 g/mol. The Labute approximate surface area is 122 Å². The Morgan fingerprint density at radius 1 is 1.25 bits per heavy atom. The third kappa shape index (κ3) is 2.61. The quantitative estimate of drug-likeness (QED) is 0.864. The smallest absolute Gasteiger partial charge is 0.232 e. The van der Waals surface area contributed by atoms with Crippen molar-refractivity contribution in [1.29, 1.82) is 5.26 Å². The Morgan fingerprint density at radius 3 is 2.80 bits per heavy atom. The van der Waals surface area contributed by atoms with E-state index in [1.165, 1.54) is 5.56 Å². The molecule has 2 aromatic rings. The summed E-state index contributed by atoms with van der Waals surface area (Å²) in [6.07, 6.45) is 3.08. The number of halogens is 1. The highest BCUT2D eigenvalue weighted by Crippen LogP contribution is 2.26. The van der Waals surface area contributed by atoms with Crippen LogP contribution in [0, 0.1) is 11.3 Å². The number of nitrogens with zero attached hydrogens (tertiary/aromatic N) is 2. The maximum Gasteiger partial charge on any atom is 0.232 e. The van der Waals surface area contributed by atoms with Crippen LogP contribution in [-0.2, 0) is 19.4 Å². The second-order valence-electron chi connectivity index (χ2n) is 4.83. The van der Waals surface area contributed by atoms with Gasteiger partial charge in [-0.15, -0.1) is 0 Å². The highest BCUT2D eigenvalue weighted by molar-refractivity contribution is 6.30. The molecule has 1 heterocycles. The second kappa shape index (κ2) is 5.52. The van der Waals surface area contributed by atoms with Gasteiger partial charge in [0, 0.05) is 10.7 Å². The lowest BCUT2D eigenvalue weighted by Crippen LogP contribution is -2.02. The lowest BCUT2D eigenvalue weighted by molar-refractivity contribution is 0.292. The van der Waals surface area contributed by atoms with Crippen LogP contribution < -0.4 is 4.74 Å². The van der Waals surface area contributed by atoms with Crippen LogP contribution in [0.5, 0.6) is 5.88 Å². The number of aromatic nitrogens is 1. The van der Waals surface area contributed by atoms with Crippen LogP contribution in [0.4, 0.5) is 0 Å². The van der Waals surface area contributed by atoms with Crippen molar-refractivity contribution in [3.8, 4) is 11.9 Å². The zero-order valence-electron chi connectivity index (χ0n) is 10.9. The molecule has 0 radical (unpaired) electrons. The van der Waals surface area contributed by atoms with E-state index < -0.39 is 0 Å². The van der Waals surface area contributed by atoms with Crippen molar-refractivity contribution in [2.45, 2.75) is 25.9 Å². The molecular weight excluding hydrogens is 272 g/mol. The molecule has 0 aliphatic heterocycles. The van der Waals surface area contributed by atoms with Gasteiger partial charge in [0.2, 0.25) is 5.88 Å². The van der Waals surface area contributed by atoms with Crippen molar-refractivity contribution >= 4 is 11.6 Å². The number of hydrogen-bond donors (Lipinski definition) is 0. The Bertz CT molecular complexity index is 674. The first-order chi connectivity index (χ1) is 9.76. The van der Waals surface area contributed by atoms with Crippen molar-refractivity contribution in [2.75, 3.05) is 0 Å². The molecule has 1 aromatic carbocycles. The number of aryl methyl sites for hydroxylation is 2. The topological polar surface area (TPSA) is 45.9 Å². The van der Waals surface area contributed by atoms with Crippen molar-refractivity contribution in [1.82, 2.24) is 4.98 Å². The van der Waals surface area contributed by atoms with Crippen LogP contribution in [0.25, 0.3) is 0 Å². The normalized spacial score (nSPS) is 12.8. The molecule has 0 amide bonds. The summed E-state index contributed by atoms with van der Waals surface area (Å²) in [5.41, 5.74) is 3.76. The minimum atomic E-state index is 0.387. The van der Waals surface area contributed by atoms with Crippen LogP contribution in [-0.4, -0.2) is 4.98 Å². The molecule has 0 N–H and O–H groups in total. The first kappa shape index (κ1) is 13.0. The summed E-state index contributed by atoms with van der Waals surface area (Å²) in [5.74, 6) is 0.433. The average Bonchev–Trinajstić information content (AvgIpc) is 2.92. The molecule has 3 nitrogen and oxygen atoms in total. The van der Waals surface area contributed by atoms with Crippen LogP contribution in [0.3, 0.4) is 0 Å². The predicted molar refractivity (Wildman–Crippen MR) is 76.8 cm³/mol. The van der Waals surface area contributed by atoms with Crippen molar-refractivity contribution in [3.05, 3.63) is 57.7 Å². The number of pyridine rings is 1. The Kier molecular flexibility index (Phi) is 3.58. The van der Waals surface area contributed by atoms with E-state index in [0.717, 1.165) is 30.5 Å². The molecule has 4 heteroatoms. The van der Waals surface area contributed by atoms with Crippen molar-refractivity contribution in [3.63, 3.8) is 0 Å². The van der Waals surface area contributed by atoms with Crippen molar-refractivity contribution < 1.29 is 4.74 Å².